The van der Waals surface area contributed by atoms with Gasteiger partial charge in [-0.25, -0.2) is 4.39 Å². The third kappa shape index (κ3) is 4.02. The number of carbonyl (C=O) groups is 2. The molecule has 34 heavy (non-hydrogen) atoms. The highest BCUT2D eigenvalue weighted by molar-refractivity contribution is 5.99. The fraction of sp³-hybridized carbons (Fsp3) is 0.348. The van der Waals surface area contributed by atoms with Gasteiger partial charge in [0.25, 0.3) is 17.7 Å². The summed E-state index contributed by atoms with van der Waals surface area (Å²) >= 11 is 0. The van der Waals surface area contributed by atoms with Crippen LogP contribution < -0.4 is 5.32 Å². The van der Waals surface area contributed by atoms with E-state index in [9.17, 15) is 22.8 Å². The first-order valence-corrected chi connectivity index (χ1v) is 10.9. The molecule has 2 aromatic heterocycles. The average molecular weight is 471 g/mol. The zero-order chi connectivity index (χ0) is 23.8. The first-order valence-electron chi connectivity index (χ1n) is 10.9. The Balaban J connectivity index is 1.36. The molecule has 0 saturated heterocycles. The zero-order valence-corrected chi connectivity index (χ0v) is 17.9. The van der Waals surface area contributed by atoms with Crippen molar-refractivity contribution in [3.63, 3.8) is 0 Å². The number of fused-ring (bicyclic) bond motifs is 1. The largest absolute Gasteiger partial charge is 0.415 e. The van der Waals surface area contributed by atoms with E-state index in [0.29, 0.717) is 24.1 Å². The number of alkyl halides is 2. The molecule has 1 N–H and O–H groups in total. The summed E-state index contributed by atoms with van der Waals surface area (Å²) in [5.41, 5.74) is 1.07. The normalized spacial score (nSPS) is 20.0. The van der Waals surface area contributed by atoms with Gasteiger partial charge in [0.2, 0.25) is 5.89 Å². The van der Waals surface area contributed by atoms with Crippen molar-refractivity contribution in [3.8, 4) is 11.5 Å². The monoisotopic (exact) mass is 471 g/mol. The van der Waals surface area contributed by atoms with Gasteiger partial charge in [-0.05, 0) is 31.0 Å². The number of carbonyl (C=O) groups excluding carboxylic acids is 2. The highest BCUT2D eigenvalue weighted by Gasteiger charge is 2.39. The minimum Gasteiger partial charge on any atom is -0.415 e. The number of amides is 2. The number of nitrogens with one attached hydrogen (secondary N) is 1. The highest BCUT2D eigenvalue weighted by Crippen LogP contribution is 2.33. The van der Waals surface area contributed by atoms with Crippen LogP contribution in [0.1, 0.15) is 64.4 Å². The Morgan fingerprint density at radius 2 is 1.97 bits per heavy atom. The lowest BCUT2D eigenvalue weighted by molar-refractivity contribution is 0.0580. The van der Waals surface area contributed by atoms with Crippen LogP contribution in [0.5, 0.6) is 0 Å². The van der Waals surface area contributed by atoms with Crippen LogP contribution in [-0.4, -0.2) is 44.0 Å². The Bertz CT molecular complexity index is 1250. The maximum Gasteiger partial charge on any atom is 0.314 e. The van der Waals surface area contributed by atoms with Crippen LogP contribution in [0.15, 0.2) is 40.9 Å². The fourth-order valence-electron chi connectivity index (χ4n) is 4.56. The Kier molecular flexibility index (Phi) is 5.76. The van der Waals surface area contributed by atoms with Gasteiger partial charge in [-0.2, -0.15) is 8.78 Å². The van der Waals surface area contributed by atoms with Crippen LogP contribution in [-0.2, 0) is 6.54 Å². The second-order valence-electron chi connectivity index (χ2n) is 8.31. The fourth-order valence-corrected chi connectivity index (χ4v) is 4.56. The molecule has 1 fully saturated rings. The van der Waals surface area contributed by atoms with Crippen LogP contribution in [0, 0.1) is 5.82 Å². The number of nitrogens with zero attached hydrogens (tertiary/aromatic N) is 4. The van der Waals surface area contributed by atoms with Gasteiger partial charge >= 0.3 is 6.43 Å². The third-order valence-electron chi connectivity index (χ3n) is 6.22. The molecule has 3 aromatic rings. The molecule has 2 aliphatic rings. The number of aromatic nitrogens is 3. The van der Waals surface area contributed by atoms with Crippen molar-refractivity contribution >= 4 is 11.8 Å². The summed E-state index contributed by atoms with van der Waals surface area (Å²) in [7, 11) is 0. The molecule has 2 amide bonds. The predicted octanol–water partition coefficient (Wildman–Crippen LogP) is 3.91. The molecule has 5 rings (SSSR count). The summed E-state index contributed by atoms with van der Waals surface area (Å²) in [6.07, 6.45) is 1.59. The van der Waals surface area contributed by atoms with Crippen molar-refractivity contribution in [2.45, 2.75) is 50.7 Å². The second kappa shape index (κ2) is 8.88. The summed E-state index contributed by atoms with van der Waals surface area (Å²) < 4.78 is 44.6. The minimum atomic E-state index is -2.90. The standard InChI is InChI=1S/C23H20F3N5O3/c24-15-6-2-1-5-13(15)20(32)28-16-7-3-4-8-18(16)31-11-17-14(23(31)33)9-12(10-27-17)21-29-30-22(34-21)19(25)26/h1-2,5-6,9-10,16,18-19H,3-4,7-8,11H2,(H,28,32)/t16-,18?/m1/s1. The SMILES string of the molecule is O=C(N[C@@H]1CCCCC1N1Cc2ncc(-c3nnc(C(F)F)o3)cc2C1=O)c1ccccc1F. The van der Waals surface area contributed by atoms with Crippen LogP contribution in [0.3, 0.4) is 0 Å². The lowest BCUT2D eigenvalue weighted by Gasteiger charge is -2.38. The molecule has 1 aliphatic heterocycles. The summed E-state index contributed by atoms with van der Waals surface area (Å²) in [4.78, 5) is 32.0. The van der Waals surface area contributed by atoms with E-state index in [1.807, 2.05) is 0 Å². The van der Waals surface area contributed by atoms with Crippen molar-refractivity contribution in [1.82, 2.24) is 25.4 Å². The van der Waals surface area contributed by atoms with E-state index < -0.39 is 24.0 Å². The maximum absolute atomic E-state index is 14.1. The van der Waals surface area contributed by atoms with Crippen molar-refractivity contribution in [2.75, 3.05) is 0 Å². The van der Waals surface area contributed by atoms with Gasteiger partial charge in [-0.15, -0.1) is 10.2 Å². The molecular formula is C23H20F3N5O3. The van der Waals surface area contributed by atoms with Crippen LogP contribution in [0.25, 0.3) is 11.5 Å². The predicted molar refractivity (Wildman–Crippen MR) is 112 cm³/mol. The van der Waals surface area contributed by atoms with E-state index in [-0.39, 0.29) is 41.6 Å². The highest BCUT2D eigenvalue weighted by atomic mass is 19.3. The van der Waals surface area contributed by atoms with E-state index in [4.69, 9.17) is 4.42 Å². The lowest BCUT2D eigenvalue weighted by atomic mass is 9.89. The van der Waals surface area contributed by atoms with E-state index in [0.717, 1.165) is 12.8 Å². The van der Waals surface area contributed by atoms with Crippen LogP contribution in [0.4, 0.5) is 13.2 Å². The van der Waals surface area contributed by atoms with Gasteiger partial charge in [-0.1, -0.05) is 25.0 Å². The Morgan fingerprint density at radius 1 is 1.18 bits per heavy atom. The Labute approximate surface area is 192 Å². The van der Waals surface area contributed by atoms with E-state index in [2.05, 4.69) is 20.5 Å². The van der Waals surface area contributed by atoms with E-state index in [1.54, 1.807) is 11.0 Å². The van der Waals surface area contributed by atoms with Crippen molar-refractivity contribution in [2.24, 2.45) is 0 Å². The number of pyridine rings is 1. The van der Waals surface area contributed by atoms with Crippen molar-refractivity contribution < 1.29 is 27.2 Å². The molecule has 0 bridgehead atoms. The molecule has 8 nitrogen and oxygen atoms in total. The topological polar surface area (TPSA) is 101 Å². The first kappa shape index (κ1) is 22.1. The molecule has 11 heteroatoms. The summed E-state index contributed by atoms with van der Waals surface area (Å²) in [5, 5.41) is 9.82. The molecule has 176 valence electrons. The van der Waals surface area contributed by atoms with Gasteiger partial charge in [0, 0.05) is 12.2 Å². The van der Waals surface area contributed by atoms with Gasteiger partial charge in [0.15, 0.2) is 0 Å². The summed E-state index contributed by atoms with van der Waals surface area (Å²) in [6, 6.07) is 6.62. The summed E-state index contributed by atoms with van der Waals surface area (Å²) in [5.74, 6) is -2.37. The third-order valence-corrected chi connectivity index (χ3v) is 6.22. The van der Waals surface area contributed by atoms with E-state index >= 15 is 0 Å². The molecule has 2 atom stereocenters. The van der Waals surface area contributed by atoms with Crippen LogP contribution in [0.2, 0.25) is 0 Å². The Morgan fingerprint density at radius 3 is 2.74 bits per heavy atom. The number of benzene rings is 1. The lowest BCUT2D eigenvalue weighted by Crippen LogP contribution is -2.53. The average Bonchev–Trinajstić information content (AvgIpc) is 3.45. The summed E-state index contributed by atoms with van der Waals surface area (Å²) in [6.45, 7) is 0.247. The molecule has 1 unspecified atom stereocenters. The molecule has 3 heterocycles. The number of hydrogen-bond acceptors (Lipinski definition) is 6. The molecular weight excluding hydrogens is 451 g/mol. The molecule has 1 aromatic carbocycles. The maximum atomic E-state index is 14.1. The van der Waals surface area contributed by atoms with E-state index in [1.165, 1.54) is 30.5 Å². The number of halogens is 3. The van der Waals surface area contributed by atoms with Gasteiger partial charge in [0.1, 0.15) is 5.82 Å². The minimum absolute atomic E-state index is 0.0445. The van der Waals surface area contributed by atoms with Crippen molar-refractivity contribution in [1.29, 1.82) is 0 Å². The quantitative estimate of drug-likeness (QED) is 0.606. The molecule has 0 spiro atoms. The molecule has 0 radical (unpaired) electrons. The Hall–Kier alpha value is -3.76. The zero-order valence-electron chi connectivity index (χ0n) is 17.9. The van der Waals surface area contributed by atoms with Gasteiger partial charge in [-0.3, -0.25) is 14.6 Å². The van der Waals surface area contributed by atoms with Gasteiger partial charge in [0.05, 0.1) is 35.0 Å². The smallest absolute Gasteiger partial charge is 0.314 e. The van der Waals surface area contributed by atoms with Crippen LogP contribution >= 0.6 is 0 Å². The number of rotatable bonds is 5. The van der Waals surface area contributed by atoms with Crippen molar-refractivity contribution in [3.05, 3.63) is 65.1 Å². The number of hydrogen-bond donors (Lipinski definition) is 1. The second-order valence-corrected chi connectivity index (χ2v) is 8.31. The van der Waals surface area contributed by atoms with Gasteiger partial charge < -0.3 is 14.6 Å². The first-order chi connectivity index (χ1) is 16.4. The molecule has 1 aliphatic carbocycles. The molecule has 1 saturated carbocycles.